The zero-order chi connectivity index (χ0) is 20.9. The Labute approximate surface area is 177 Å². The van der Waals surface area contributed by atoms with Crippen LogP contribution in [0.5, 0.6) is 0 Å². The molecular formula is C23H20N4O2S. The van der Waals surface area contributed by atoms with E-state index in [0.29, 0.717) is 22.8 Å². The van der Waals surface area contributed by atoms with E-state index in [1.165, 1.54) is 22.1 Å². The Morgan fingerprint density at radius 2 is 1.63 bits per heavy atom. The lowest BCUT2D eigenvalue weighted by Gasteiger charge is -2.08. The van der Waals surface area contributed by atoms with Gasteiger partial charge in [0.1, 0.15) is 9.88 Å². The summed E-state index contributed by atoms with van der Waals surface area (Å²) in [6, 6.07) is 22.6. The molecule has 150 valence electrons. The molecule has 0 spiro atoms. The first kappa shape index (κ1) is 19.7. The predicted molar refractivity (Wildman–Crippen MR) is 119 cm³/mol. The van der Waals surface area contributed by atoms with Gasteiger partial charge in [0, 0.05) is 23.7 Å². The maximum atomic E-state index is 12.6. The minimum Gasteiger partial charge on any atom is -0.349 e. The van der Waals surface area contributed by atoms with E-state index >= 15 is 0 Å². The lowest BCUT2D eigenvalue weighted by Crippen LogP contribution is -2.31. The lowest BCUT2D eigenvalue weighted by atomic mass is 10.1. The number of rotatable bonds is 6. The number of benzene rings is 2. The van der Waals surface area contributed by atoms with Crippen molar-refractivity contribution in [3.8, 4) is 21.8 Å². The summed E-state index contributed by atoms with van der Waals surface area (Å²) in [7, 11) is 0. The van der Waals surface area contributed by atoms with Crippen LogP contribution in [0.25, 0.3) is 21.8 Å². The lowest BCUT2D eigenvalue weighted by molar-refractivity contribution is 0.0955. The van der Waals surface area contributed by atoms with Gasteiger partial charge in [0.15, 0.2) is 0 Å². The van der Waals surface area contributed by atoms with E-state index in [9.17, 15) is 9.59 Å². The van der Waals surface area contributed by atoms with Gasteiger partial charge in [0.25, 0.3) is 11.5 Å². The fourth-order valence-electron chi connectivity index (χ4n) is 3.04. The van der Waals surface area contributed by atoms with Crippen molar-refractivity contribution in [2.75, 3.05) is 6.54 Å². The van der Waals surface area contributed by atoms with Crippen LogP contribution < -0.4 is 10.9 Å². The number of nitrogens with zero attached hydrogens (tertiary/aromatic N) is 3. The van der Waals surface area contributed by atoms with Crippen LogP contribution >= 0.6 is 11.3 Å². The van der Waals surface area contributed by atoms with Crippen molar-refractivity contribution >= 4 is 17.2 Å². The number of aryl methyl sites for hydroxylation is 1. The number of nitrogens with one attached hydrogen (secondary N) is 1. The Kier molecular flexibility index (Phi) is 5.81. The van der Waals surface area contributed by atoms with Crippen LogP contribution in [-0.4, -0.2) is 27.2 Å². The summed E-state index contributed by atoms with van der Waals surface area (Å²) in [5.41, 5.74) is 3.12. The highest BCUT2D eigenvalue weighted by Crippen LogP contribution is 2.27. The molecule has 4 rings (SSSR count). The normalized spacial score (nSPS) is 10.7. The maximum absolute atomic E-state index is 12.6. The van der Waals surface area contributed by atoms with Gasteiger partial charge in [-0.05, 0) is 13.0 Å². The van der Waals surface area contributed by atoms with Crippen LogP contribution in [0.3, 0.4) is 0 Å². The van der Waals surface area contributed by atoms with Crippen LogP contribution in [0.2, 0.25) is 0 Å². The van der Waals surface area contributed by atoms with E-state index in [2.05, 4.69) is 15.4 Å². The molecule has 0 radical (unpaired) electrons. The third-order valence-electron chi connectivity index (χ3n) is 4.57. The van der Waals surface area contributed by atoms with Gasteiger partial charge in [-0.25, -0.2) is 9.67 Å². The zero-order valence-electron chi connectivity index (χ0n) is 16.4. The standard InChI is InChI=1S/C23H20N4O2S/c1-16-21(30-23(25-16)18-10-6-3-7-11-18)22(29)24-14-15-27-20(28)13-12-19(26-27)17-8-4-2-5-9-17/h2-13H,14-15H2,1H3,(H,24,29). The smallest absolute Gasteiger partial charge is 0.266 e. The van der Waals surface area contributed by atoms with Crippen molar-refractivity contribution in [1.29, 1.82) is 0 Å². The Bertz CT molecular complexity index is 1220. The zero-order valence-corrected chi connectivity index (χ0v) is 17.2. The molecule has 30 heavy (non-hydrogen) atoms. The predicted octanol–water partition coefficient (Wildman–Crippen LogP) is 3.77. The van der Waals surface area contributed by atoms with Crippen molar-refractivity contribution in [2.45, 2.75) is 13.5 Å². The molecule has 0 aliphatic carbocycles. The molecule has 7 heteroatoms. The molecule has 0 atom stereocenters. The van der Waals surface area contributed by atoms with Crippen LogP contribution in [0.15, 0.2) is 77.6 Å². The minimum absolute atomic E-state index is 0.195. The summed E-state index contributed by atoms with van der Waals surface area (Å²) >= 11 is 1.36. The molecule has 2 aromatic heterocycles. The number of carbonyl (C=O) groups is 1. The summed E-state index contributed by atoms with van der Waals surface area (Å²) in [6.45, 7) is 2.41. The molecule has 0 bridgehead atoms. The molecule has 6 nitrogen and oxygen atoms in total. The van der Waals surface area contributed by atoms with Gasteiger partial charge in [-0.3, -0.25) is 9.59 Å². The summed E-state index contributed by atoms with van der Waals surface area (Å²) in [6.07, 6.45) is 0. The van der Waals surface area contributed by atoms with Gasteiger partial charge in [-0.1, -0.05) is 60.7 Å². The van der Waals surface area contributed by atoms with E-state index in [1.807, 2.05) is 67.6 Å². The molecule has 0 unspecified atom stereocenters. The average molecular weight is 417 g/mol. The van der Waals surface area contributed by atoms with Crippen molar-refractivity contribution in [3.05, 3.63) is 93.7 Å². The van der Waals surface area contributed by atoms with Gasteiger partial charge in [-0.2, -0.15) is 5.10 Å². The van der Waals surface area contributed by atoms with Crippen LogP contribution in [0.4, 0.5) is 0 Å². The van der Waals surface area contributed by atoms with Crippen LogP contribution in [0, 0.1) is 6.92 Å². The third kappa shape index (κ3) is 4.36. The molecule has 2 aromatic carbocycles. The topological polar surface area (TPSA) is 76.9 Å². The average Bonchev–Trinajstić information content (AvgIpc) is 3.18. The SMILES string of the molecule is Cc1nc(-c2ccccc2)sc1C(=O)NCCn1nc(-c2ccccc2)ccc1=O. The molecular weight excluding hydrogens is 396 g/mol. The Balaban J connectivity index is 1.43. The third-order valence-corrected chi connectivity index (χ3v) is 5.77. The van der Waals surface area contributed by atoms with Crippen LogP contribution in [0.1, 0.15) is 15.4 Å². The van der Waals surface area contributed by atoms with E-state index in [0.717, 1.165) is 16.1 Å². The first-order chi connectivity index (χ1) is 14.6. The summed E-state index contributed by atoms with van der Waals surface area (Å²) in [5, 5.41) is 8.10. The Hall–Kier alpha value is -3.58. The van der Waals surface area contributed by atoms with Gasteiger partial charge in [-0.15, -0.1) is 11.3 Å². The number of hydrogen-bond acceptors (Lipinski definition) is 5. The summed E-state index contributed by atoms with van der Waals surface area (Å²) in [5.74, 6) is -0.195. The van der Waals surface area contributed by atoms with Gasteiger partial charge in [0.2, 0.25) is 0 Å². The van der Waals surface area contributed by atoms with E-state index in [4.69, 9.17) is 0 Å². The van der Waals surface area contributed by atoms with Crippen molar-refractivity contribution in [2.24, 2.45) is 0 Å². The second-order valence-electron chi connectivity index (χ2n) is 6.70. The van der Waals surface area contributed by atoms with Gasteiger partial charge >= 0.3 is 0 Å². The van der Waals surface area contributed by atoms with E-state index in [1.54, 1.807) is 6.07 Å². The van der Waals surface area contributed by atoms with E-state index < -0.39 is 0 Å². The largest absolute Gasteiger partial charge is 0.349 e. The number of hydrogen-bond donors (Lipinski definition) is 1. The van der Waals surface area contributed by atoms with E-state index in [-0.39, 0.29) is 18.0 Å². The molecule has 2 heterocycles. The number of carbonyl (C=O) groups excluding carboxylic acids is 1. The molecule has 0 aliphatic rings. The van der Waals surface area contributed by atoms with Crippen molar-refractivity contribution < 1.29 is 4.79 Å². The molecule has 1 N–H and O–H groups in total. The highest BCUT2D eigenvalue weighted by Gasteiger charge is 2.16. The first-order valence-electron chi connectivity index (χ1n) is 9.56. The molecule has 0 saturated carbocycles. The van der Waals surface area contributed by atoms with Crippen LogP contribution in [-0.2, 0) is 6.54 Å². The van der Waals surface area contributed by atoms with Gasteiger partial charge < -0.3 is 5.32 Å². The quantitative estimate of drug-likeness (QED) is 0.519. The molecule has 0 saturated heterocycles. The second kappa shape index (κ2) is 8.84. The highest BCUT2D eigenvalue weighted by atomic mass is 32.1. The Morgan fingerprint density at radius 3 is 2.33 bits per heavy atom. The van der Waals surface area contributed by atoms with Crippen molar-refractivity contribution in [1.82, 2.24) is 20.1 Å². The fourth-order valence-corrected chi connectivity index (χ4v) is 4.03. The monoisotopic (exact) mass is 416 g/mol. The Morgan fingerprint density at radius 1 is 0.967 bits per heavy atom. The molecule has 0 fully saturated rings. The fraction of sp³-hybridized carbons (Fsp3) is 0.130. The summed E-state index contributed by atoms with van der Waals surface area (Å²) < 4.78 is 1.37. The first-order valence-corrected chi connectivity index (χ1v) is 10.4. The number of thiazole rings is 1. The van der Waals surface area contributed by atoms with Gasteiger partial charge in [0.05, 0.1) is 17.9 Å². The number of aromatic nitrogens is 3. The highest BCUT2D eigenvalue weighted by molar-refractivity contribution is 7.17. The molecule has 1 amide bonds. The molecule has 4 aromatic rings. The maximum Gasteiger partial charge on any atom is 0.266 e. The molecule has 0 aliphatic heterocycles. The minimum atomic E-state index is -0.204. The number of amides is 1. The van der Waals surface area contributed by atoms with Crippen molar-refractivity contribution in [3.63, 3.8) is 0 Å². The second-order valence-corrected chi connectivity index (χ2v) is 7.70. The summed E-state index contributed by atoms with van der Waals surface area (Å²) in [4.78, 5) is 29.9.